The van der Waals surface area contributed by atoms with E-state index in [1.54, 1.807) is 17.5 Å². The number of nitrogens with zero attached hydrogens (tertiary/aromatic N) is 1. The summed E-state index contributed by atoms with van der Waals surface area (Å²) in [6, 6.07) is 11.5. The quantitative estimate of drug-likeness (QED) is 0.767. The Morgan fingerprint density at radius 1 is 1.19 bits per heavy atom. The van der Waals surface area contributed by atoms with Gasteiger partial charge in [-0.15, -0.1) is 11.3 Å². The Kier molecular flexibility index (Phi) is 3.58. The third-order valence-corrected chi connectivity index (χ3v) is 4.21. The fourth-order valence-electron chi connectivity index (χ4n) is 2.20. The van der Waals surface area contributed by atoms with Crippen LogP contribution >= 0.6 is 11.3 Å². The van der Waals surface area contributed by atoms with E-state index in [-0.39, 0.29) is 5.91 Å². The molecule has 0 bridgehead atoms. The van der Waals surface area contributed by atoms with E-state index in [0.717, 1.165) is 32.3 Å². The topological polar surface area (TPSA) is 57.8 Å². The van der Waals surface area contributed by atoms with Gasteiger partial charge in [0.25, 0.3) is 5.91 Å². The van der Waals surface area contributed by atoms with Crippen molar-refractivity contribution >= 4 is 22.9 Å². The third-order valence-electron chi connectivity index (χ3n) is 3.24. The predicted octanol–water partition coefficient (Wildman–Crippen LogP) is 4.01. The summed E-state index contributed by atoms with van der Waals surface area (Å²) in [4.78, 5) is 14.4. The van der Waals surface area contributed by atoms with Crippen molar-refractivity contribution < 1.29 is 4.79 Å². The molecule has 0 aliphatic carbocycles. The van der Waals surface area contributed by atoms with E-state index in [1.165, 1.54) is 0 Å². The number of benzene rings is 1. The molecule has 0 aliphatic rings. The molecule has 106 valence electrons. The van der Waals surface area contributed by atoms with E-state index in [4.69, 9.17) is 0 Å². The first-order valence-electron chi connectivity index (χ1n) is 6.61. The number of anilines is 1. The number of H-pyrrole nitrogens is 1. The van der Waals surface area contributed by atoms with Crippen molar-refractivity contribution in [3.05, 3.63) is 57.9 Å². The lowest BCUT2D eigenvalue weighted by Gasteiger charge is -2.05. The molecule has 3 aromatic rings. The molecular formula is C16H15N3OS. The summed E-state index contributed by atoms with van der Waals surface area (Å²) in [5.74, 6) is -0.0638. The first kappa shape index (κ1) is 13.6. The molecule has 5 heteroatoms. The Hall–Kier alpha value is -2.40. The van der Waals surface area contributed by atoms with Crippen LogP contribution in [-0.2, 0) is 0 Å². The highest BCUT2D eigenvalue weighted by atomic mass is 32.1. The Labute approximate surface area is 126 Å². The molecule has 0 atom stereocenters. The van der Waals surface area contributed by atoms with Crippen LogP contribution in [0, 0.1) is 13.8 Å². The molecule has 0 saturated heterocycles. The summed E-state index contributed by atoms with van der Waals surface area (Å²) >= 11 is 1.64. The fraction of sp³-hybridized carbons (Fsp3) is 0.125. The third kappa shape index (κ3) is 2.87. The van der Waals surface area contributed by atoms with Crippen molar-refractivity contribution in [2.45, 2.75) is 13.8 Å². The number of carbonyl (C=O) groups excluding carboxylic acids is 1. The molecule has 2 heterocycles. The van der Waals surface area contributed by atoms with E-state index in [0.29, 0.717) is 0 Å². The molecule has 0 saturated carbocycles. The van der Waals surface area contributed by atoms with Gasteiger partial charge in [-0.3, -0.25) is 9.89 Å². The number of rotatable bonds is 3. The molecule has 0 radical (unpaired) electrons. The lowest BCUT2D eigenvalue weighted by Crippen LogP contribution is -2.11. The molecular weight excluding hydrogens is 282 g/mol. The van der Waals surface area contributed by atoms with Crippen molar-refractivity contribution in [3.8, 4) is 11.3 Å². The minimum absolute atomic E-state index is 0.0638. The number of nitrogens with one attached hydrogen (secondary N) is 2. The minimum Gasteiger partial charge on any atom is -0.322 e. The highest BCUT2D eigenvalue weighted by molar-refractivity contribution is 7.12. The zero-order chi connectivity index (χ0) is 14.8. The summed E-state index contributed by atoms with van der Waals surface area (Å²) in [6.45, 7) is 3.97. The van der Waals surface area contributed by atoms with Gasteiger partial charge in [-0.05, 0) is 43.7 Å². The lowest BCUT2D eigenvalue weighted by atomic mass is 10.1. The number of aromatic amines is 1. The second-order valence-electron chi connectivity index (χ2n) is 4.83. The van der Waals surface area contributed by atoms with Crippen molar-refractivity contribution in [2.75, 3.05) is 5.32 Å². The monoisotopic (exact) mass is 297 g/mol. The predicted molar refractivity (Wildman–Crippen MR) is 85.8 cm³/mol. The van der Waals surface area contributed by atoms with Crippen LogP contribution in [0.25, 0.3) is 11.3 Å². The van der Waals surface area contributed by atoms with Crippen LogP contribution < -0.4 is 5.32 Å². The zero-order valence-electron chi connectivity index (χ0n) is 11.8. The molecule has 0 unspecified atom stereocenters. The molecule has 2 N–H and O–H groups in total. The second kappa shape index (κ2) is 5.54. The Morgan fingerprint density at radius 3 is 2.52 bits per heavy atom. The summed E-state index contributed by atoms with van der Waals surface area (Å²) < 4.78 is 0. The summed E-state index contributed by atoms with van der Waals surface area (Å²) in [5, 5.41) is 9.77. The van der Waals surface area contributed by atoms with Gasteiger partial charge in [0.15, 0.2) is 0 Å². The number of carbonyl (C=O) groups is 1. The summed E-state index contributed by atoms with van der Waals surface area (Å²) in [6.07, 6.45) is 1.71. The van der Waals surface area contributed by atoms with E-state index in [1.807, 2.05) is 50.2 Å². The van der Waals surface area contributed by atoms with Crippen LogP contribution in [-0.4, -0.2) is 16.1 Å². The van der Waals surface area contributed by atoms with E-state index in [9.17, 15) is 4.79 Å². The van der Waals surface area contributed by atoms with Crippen molar-refractivity contribution in [1.29, 1.82) is 0 Å². The van der Waals surface area contributed by atoms with Crippen LogP contribution in [0.5, 0.6) is 0 Å². The highest BCUT2D eigenvalue weighted by Gasteiger charge is 2.12. The van der Waals surface area contributed by atoms with Gasteiger partial charge in [0.2, 0.25) is 0 Å². The maximum absolute atomic E-state index is 12.2. The summed E-state index contributed by atoms with van der Waals surface area (Å²) in [7, 11) is 0. The van der Waals surface area contributed by atoms with E-state index in [2.05, 4.69) is 15.5 Å². The molecule has 21 heavy (non-hydrogen) atoms. The van der Waals surface area contributed by atoms with Crippen LogP contribution in [0.2, 0.25) is 0 Å². The normalized spacial score (nSPS) is 10.6. The first-order chi connectivity index (χ1) is 10.1. The maximum Gasteiger partial charge on any atom is 0.256 e. The highest BCUT2D eigenvalue weighted by Crippen LogP contribution is 2.23. The number of amides is 1. The van der Waals surface area contributed by atoms with Crippen molar-refractivity contribution in [1.82, 2.24) is 10.2 Å². The number of aryl methyl sites for hydroxylation is 2. The SMILES string of the molecule is Cc1cc(C(=O)Nc2ccc(-c3ccn[nH]3)cc2)c(C)s1. The largest absolute Gasteiger partial charge is 0.322 e. The number of aromatic nitrogens is 2. The van der Waals surface area contributed by atoms with Crippen LogP contribution in [0.1, 0.15) is 20.1 Å². The Morgan fingerprint density at radius 2 is 1.95 bits per heavy atom. The van der Waals surface area contributed by atoms with Gasteiger partial charge in [-0.25, -0.2) is 0 Å². The molecule has 0 aliphatic heterocycles. The van der Waals surface area contributed by atoms with Crippen LogP contribution in [0.3, 0.4) is 0 Å². The number of thiophene rings is 1. The van der Waals surface area contributed by atoms with Crippen molar-refractivity contribution in [2.24, 2.45) is 0 Å². The molecule has 0 fully saturated rings. The lowest BCUT2D eigenvalue weighted by molar-refractivity contribution is 0.102. The van der Waals surface area contributed by atoms with Crippen molar-refractivity contribution in [3.63, 3.8) is 0 Å². The van der Waals surface area contributed by atoms with Gasteiger partial charge in [0.05, 0.1) is 11.3 Å². The van der Waals surface area contributed by atoms with Gasteiger partial charge in [0.1, 0.15) is 0 Å². The van der Waals surface area contributed by atoms with Gasteiger partial charge < -0.3 is 5.32 Å². The molecule has 1 amide bonds. The van der Waals surface area contributed by atoms with Gasteiger partial charge in [-0.1, -0.05) is 12.1 Å². The van der Waals surface area contributed by atoms with E-state index >= 15 is 0 Å². The average Bonchev–Trinajstić information content (AvgIpc) is 3.09. The van der Waals surface area contributed by atoms with Crippen LogP contribution in [0.4, 0.5) is 5.69 Å². The van der Waals surface area contributed by atoms with Crippen LogP contribution in [0.15, 0.2) is 42.6 Å². The number of hydrogen-bond donors (Lipinski definition) is 2. The smallest absolute Gasteiger partial charge is 0.256 e. The van der Waals surface area contributed by atoms with E-state index < -0.39 is 0 Å². The zero-order valence-corrected chi connectivity index (χ0v) is 12.6. The average molecular weight is 297 g/mol. The Balaban J connectivity index is 1.76. The maximum atomic E-state index is 12.2. The fourth-order valence-corrected chi connectivity index (χ4v) is 3.13. The molecule has 1 aromatic carbocycles. The van der Waals surface area contributed by atoms with Gasteiger partial charge in [0, 0.05) is 21.6 Å². The standard InChI is InChI=1S/C16H15N3OS/c1-10-9-14(11(2)21-10)16(20)18-13-5-3-12(4-6-13)15-7-8-17-19-15/h3-9H,1-2H3,(H,17,19)(H,18,20). The second-order valence-corrected chi connectivity index (χ2v) is 6.29. The molecule has 2 aromatic heterocycles. The number of hydrogen-bond acceptors (Lipinski definition) is 3. The first-order valence-corrected chi connectivity index (χ1v) is 7.43. The van der Waals surface area contributed by atoms with Gasteiger partial charge in [-0.2, -0.15) is 5.10 Å². The van der Waals surface area contributed by atoms with Gasteiger partial charge >= 0.3 is 0 Å². The molecule has 4 nitrogen and oxygen atoms in total. The minimum atomic E-state index is -0.0638. The Bertz CT molecular complexity index is 757. The molecule has 0 spiro atoms. The summed E-state index contributed by atoms with van der Waals surface area (Å²) in [5.41, 5.74) is 3.52. The molecule has 3 rings (SSSR count).